The van der Waals surface area contributed by atoms with Gasteiger partial charge in [0.25, 0.3) is 0 Å². The molecule has 5 heteroatoms. The van der Waals surface area contributed by atoms with Gasteiger partial charge in [-0.15, -0.1) is 0 Å². The fourth-order valence-corrected chi connectivity index (χ4v) is 1.38. The van der Waals surface area contributed by atoms with Crippen molar-refractivity contribution in [2.45, 2.75) is 6.42 Å². The lowest BCUT2D eigenvalue weighted by Gasteiger charge is -2.02. The van der Waals surface area contributed by atoms with Crippen LogP contribution in [0.4, 0.5) is 0 Å². The Morgan fingerprint density at radius 2 is 2.13 bits per heavy atom. The zero-order valence-corrected chi connectivity index (χ0v) is 9.89. The molecular weight excluding hydrogens is 229 g/mol. The summed E-state index contributed by atoms with van der Waals surface area (Å²) in [4.78, 5) is 11.4. The van der Waals surface area contributed by atoms with Gasteiger partial charge in [0.2, 0.25) is 0 Å². The molecule has 1 aliphatic rings. The van der Waals surface area contributed by atoms with Gasteiger partial charge in [0.05, 0.1) is 20.7 Å². The highest BCUT2D eigenvalue weighted by molar-refractivity contribution is 7.47. The third kappa shape index (κ3) is 3.50. The summed E-state index contributed by atoms with van der Waals surface area (Å²) in [6.45, 7) is 0. The standard InChI is InChI=1S/C10H10NO2PS/c12-10(13-14)8-6-4-2-1-3-5-7-9(8)11-15/h1-6H,7,14H2/b2-1-,5-3-,6-4-,9-8-. The molecule has 0 saturated heterocycles. The topological polar surface area (TPSA) is 38.7 Å². The van der Waals surface area contributed by atoms with Gasteiger partial charge in [-0.3, -0.25) is 0 Å². The average molecular weight is 239 g/mol. The Bertz CT molecular complexity index is 383. The number of hydrogen-bond donors (Lipinski definition) is 0. The maximum Gasteiger partial charge on any atom is 0.342 e. The lowest BCUT2D eigenvalue weighted by Crippen LogP contribution is -2.02. The van der Waals surface area contributed by atoms with Gasteiger partial charge < -0.3 is 4.52 Å². The molecule has 0 aliphatic heterocycles. The van der Waals surface area contributed by atoms with Gasteiger partial charge in [0.1, 0.15) is 0 Å². The third-order valence-corrected chi connectivity index (χ3v) is 2.23. The van der Waals surface area contributed by atoms with Crippen LogP contribution in [-0.2, 0) is 21.7 Å². The van der Waals surface area contributed by atoms with Crippen molar-refractivity contribution in [2.75, 3.05) is 0 Å². The predicted octanol–water partition coefficient (Wildman–Crippen LogP) is 2.38. The number of nitrogens with zero attached hydrogens (tertiary/aromatic N) is 1. The van der Waals surface area contributed by atoms with Crippen molar-refractivity contribution in [2.24, 2.45) is 4.36 Å². The fourth-order valence-electron chi connectivity index (χ4n) is 1.08. The highest BCUT2D eigenvalue weighted by Crippen LogP contribution is 2.16. The molecular formula is C10H10NO2PS. The molecule has 0 heterocycles. The van der Waals surface area contributed by atoms with Crippen molar-refractivity contribution >= 4 is 27.9 Å². The molecule has 1 rings (SSSR count). The summed E-state index contributed by atoms with van der Waals surface area (Å²) in [5.41, 5.74) is 0.921. The number of rotatable bonds is 2. The Balaban J connectivity index is 3.13. The van der Waals surface area contributed by atoms with E-state index in [0.717, 1.165) is 0 Å². The summed E-state index contributed by atoms with van der Waals surface area (Å²) >= 11 is 4.63. The van der Waals surface area contributed by atoms with Crippen LogP contribution in [0.2, 0.25) is 0 Å². The first kappa shape index (κ1) is 12.0. The van der Waals surface area contributed by atoms with Crippen LogP contribution in [0, 0.1) is 0 Å². The Morgan fingerprint density at radius 1 is 1.40 bits per heavy atom. The molecule has 78 valence electrons. The molecule has 0 saturated carbocycles. The van der Waals surface area contributed by atoms with Crippen molar-refractivity contribution in [1.29, 1.82) is 0 Å². The minimum absolute atomic E-state index is 0.385. The van der Waals surface area contributed by atoms with Gasteiger partial charge >= 0.3 is 5.97 Å². The number of hydrogen-bond acceptors (Lipinski definition) is 4. The summed E-state index contributed by atoms with van der Waals surface area (Å²) in [5.74, 6) is -0.455. The van der Waals surface area contributed by atoms with Crippen LogP contribution < -0.4 is 0 Å². The van der Waals surface area contributed by atoms with Gasteiger partial charge in [0, 0.05) is 18.8 Å². The van der Waals surface area contributed by atoms with Crippen molar-refractivity contribution in [3.8, 4) is 0 Å². The summed E-state index contributed by atoms with van der Waals surface area (Å²) in [7, 11) is 1.92. The van der Waals surface area contributed by atoms with Crippen LogP contribution in [0.25, 0.3) is 0 Å². The third-order valence-electron chi connectivity index (χ3n) is 1.79. The number of carbonyl (C=O) groups is 1. The van der Waals surface area contributed by atoms with Crippen LogP contribution >= 0.6 is 9.47 Å². The van der Waals surface area contributed by atoms with E-state index in [0.29, 0.717) is 17.7 Å². The minimum Gasteiger partial charge on any atom is -0.448 e. The molecule has 0 amide bonds. The molecule has 0 spiro atoms. The normalized spacial score (nSPS) is 26.7. The molecule has 1 atom stereocenters. The van der Waals surface area contributed by atoms with E-state index >= 15 is 0 Å². The van der Waals surface area contributed by atoms with Gasteiger partial charge in [-0.05, 0) is 6.08 Å². The molecule has 0 bridgehead atoms. The van der Waals surface area contributed by atoms with E-state index in [1.54, 1.807) is 12.2 Å². The molecule has 0 radical (unpaired) electrons. The van der Waals surface area contributed by atoms with E-state index in [2.05, 4.69) is 21.3 Å². The van der Waals surface area contributed by atoms with Crippen molar-refractivity contribution < 1.29 is 9.32 Å². The monoisotopic (exact) mass is 239 g/mol. The average Bonchev–Trinajstić information content (AvgIpc) is 2.38. The van der Waals surface area contributed by atoms with E-state index in [1.165, 1.54) is 0 Å². The van der Waals surface area contributed by atoms with Crippen LogP contribution in [0.15, 0.2) is 52.1 Å². The highest BCUT2D eigenvalue weighted by atomic mass is 32.1. The van der Waals surface area contributed by atoms with Gasteiger partial charge in [0.15, 0.2) is 0 Å². The van der Waals surface area contributed by atoms with E-state index in [-0.39, 0.29) is 0 Å². The summed E-state index contributed by atoms with van der Waals surface area (Å²) in [5, 5.41) is 0. The van der Waals surface area contributed by atoms with Gasteiger partial charge in [-0.2, -0.15) is 4.36 Å². The SMILES string of the molecule is O=C(OP)C1=C(/N=S)C\C=C/C=C\C=C/1. The highest BCUT2D eigenvalue weighted by Gasteiger charge is 2.12. The zero-order valence-electron chi connectivity index (χ0n) is 7.92. The smallest absolute Gasteiger partial charge is 0.342 e. The van der Waals surface area contributed by atoms with E-state index < -0.39 is 5.97 Å². The summed E-state index contributed by atoms with van der Waals surface area (Å²) < 4.78 is 8.24. The van der Waals surface area contributed by atoms with Crippen molar-refractivity contribution in [1.82, 2.24) is 0 Å². The van der Waals surface area contributed by atoms with Crippen LogP contribution in [0.3, 0.4) is 0 Å². The van der Waals surface area contributed by atoms with E-state index in [4.69, 9.17) is 0 Å². The lowest BCUT2D eigenvalue weighted by atomic mass is 10.1. The van der Waals surface area contributed by atoms with Crippen LogP contribution in [-0.4, -0.2) is 5.97 Å². The molecule has 1 aliphatic carbocycles. The molecule has 3 nitrogen and oxygen atoms in total. The molecule has 0 fully saturated rings. The van der Waals surface area contributed by atoms with Gasteiger partial charge in [-0.1, -0.05) is 30.4 Å². The molecule has 0 aromatic rings. The van der Waals surface area contributed by atoms with E-state index in [9.17, 15) is 4.79 Å². The van der Waals surface area contributed by atoms with E-state index in [1.807, 2.05) is 33.8 Å². The Morgan fingerprint density at radius 3 is 2.80 bits per heavy atom. The first-order valence-corrected chi connectivity index (χ1v) is 5.10. The van der Waals surface area contributed by atoms with Crippen molar-refractivity contribution in [3.05, 3.63) is 47.7 Å². The summed E-state index contributed by atoms with van der Waals surface area (Å²) in [6, 6.07) is 0. The molecule has 15 heavy (non-hydrogen) atoms. The van der Waals surface area contributed by atoms with Crippen molar-refractivity contribution in [3.63, 3.8) is 0 Å². The maximum atomic E-state index is 11.4. The Hall–Kier alpha value is -1.12. The molecule has 0 aromatic carbocycles. The number of carbonyl (C=O) groups excluding carboxylic acids is 1. The Kier molecular flexibility index (Phi) is 5.08. The molecule has 1 unspecified atom stereocenters. The second kappa shape index (κ2) is 6.38. The predicted molar refractivity (Wildman–Crippen MR) is 64.7 cm³/mol. The second-order valence-electron chi connectivity index (χ2n) is 2.73. The summed E-state index contributed by atoms with van der Waals surface area (Å²) in [6.07, 6.45) is 11.3. The maximum absolute atomic E-state index is 11.4. The number of allylic oxidation sites excluding steroid dienone is 5. The second-order valence-corrected chi connectivity index (χ2v) is 3.15. The molecule has 0 aromatic heterocycles. The Labute approximate surface area is 96.0 Å². The fraction of sp³-hybridized carbons (Fsp3) is 0.100. The quantitative estimate of drug-likeness (QED) is 0.694. The lowest BCUT2D eigenvalue weighted by molar-refractivity contribution is -0.128. The zero-order chi connectivity index (χ0) is 11.1. The van der Waals surface area contributed by atoms with Gasteiger partial charge in [-0.25, -0.2) is 4.79 Å². The van der Waals surface area contributed by atoms with Crippen LogP contribution in [0.5, 0.6) is 0 Å². The molecule has 0 N–H and O–H groups in total. The minimum atomic E-state index is -0.455. The largest absolute Gasteiger partial charge is 0.448 e. The first-order valence-electron chi connectivity index (χ1n) is 4.27. The van der Waals surface area contributed by atoms with Crippen LogP contribution in [0.1, 0.15) is 6.42 Å². The first-order chi connectivity index (χ1) is 7.29.